The third-order valence-corrected chi connectivity index (χ3v) is 3.02. The molecule has 0 amide bonds. The van der Waals surface area contributed by atoms with Crippen LogP contribution in [-0.2, 0) is 5.88 Å². The van der Waals surface area contributed by atoms with Crippen LogP contribution >= 0.6 is 39.1 Å². The molecule has 0 saturated heterocycles. The van der Waals surface area contributed by atoms with E-state index in [4.69, 9.17) is 23.2 Å². The molecule has 78 valence electrons. The molecule has 0 spiro atoms. The van der Waals surface area contributed by atoms with Crippen molar-refractivity contribution in [1.82, 2.24) is 10.2 Å². The van der Waals surface area contributed by atoms with Crippen molar-refractivity contribution < 1.29 is 0 Å². The number of fused-ring (bicyclic) bond motifs is 1. The topological polar surface area (TPSA) is 45.8 Å². The van der Waals surface area contributed by atoms with Crippen LogP contribution in [0.3, 0.4) is 0 Å². The Hall–Kier alpha value is -0.580. The van der Waals surface area contributed by atoms with E-state index in [0.29, 0.717) is 21.5 Å². The molecule has 0 radical (unpaired) electrons. The van der Waals surface area contributed by atoms with E-state index in [1.165, 1.54) is 0 Å². The first kappa shape index (κ1) is 10.9. The minimum absolute atomic E-state index is 0.222. The zero-order valence-electron chi connectivity index (χ0n) is 7.35. The Morgan fingerprint density at radius 2 is 2.20 bits per heavy atom. The van der Waals surface area contributed by atoms with Gasteiger partial charge in [0.1, 0.15) is 0 Å². The molecule has 0 unspecified atom stereocenters. The van der Waals surface area contributed by atoms with Gasteiger partial charge in [-0.25, -0.2) is 5.10 Å². The van der Waals surface area contributed by atoms with E-state index in [0.717, 1.165) is 4.47 Å². The Bertz CT molecular complexity index is 582. The van der Waals surface area contributed by atoms with E-state index in [-0.39, 0.29) is 11.4 Å². The van der Waals surface area contributed by atoms with E-state index in [1.54, 1.807) is 12.1 Å². The van der Waals surface area contributed by atoms with Crippen molar-refractivity contribution in [2.75, 3.05) is 0 Å². The number of nitrogens with zero attached hydrogens (tertiary/aromatic N) is 1. The van der Waals surface area contributed by atoms with Crippen LogP contribution in [0, 0.1) is 0 Å². The fourth-order valence-corrected chi connectivity index (χ4v) is 2.47. The van der Waals surface area contributed by atoms with Crippen molar-refractivity contribution in [1.29, 1.82) is 0 Å². The second-order valence-electron chi connectivity index (χ2n) is 2.94. The molecule has 0 saturated carbocycles. The molecule has 1 aromatic heterocycles. The fourth-order valence-electron chi connectivity index (χ4n) is 1.37. The number of benzene rings is 1. The number of H-pyrrole nitrogens is 1. The zero-order valence-corrected chi connectivity index (χ0v) is 10.4. The van der Waals surface area contributed by atoms with Gasteiger partial charge in [-0.3, -0.25) is 4.79 Å². The van der Waals surface area contributed by atoms with E-state index < -0.39 is 0 Å². The predicted molar refractivity (Wildman–Crippen MR) is 64.6 cm³/mol. The van der Waals surface area contributed by atoms with Crippen LogP contribution in [0.1, 0.15) is 5.69 Å². The largest absolute Gasteiger partial charge is 0.273 e. The lowest BCUT2D eigenvalue weighted by atomic mass is 10.1. The summed E-state index contributed by atoms with van der Waals surface area (Å²) in [6, 6.07) is 3.44. The number of alkyl halides is 1. The highest BCUT2D eigenvalue weighted by atomic mass is 79.9. The Labute approximate surface area is 104 Å². The number of aromatic amines is 1. The molecule has 0 aliphatic rings. The Kier molecular flexibility index (Phi) is 3.00. The smallest absolute Gasteiger partial charge is 0.267 e. The third kappa shape index (κ3) is 1.89. The summed E-state index contributed by atoms with van der Waals surface area (Å²) in [7, 11) is 0. The molecule has 3 nitrogen and oxygen atoms in total. The van der Waals surface area contributed by atoms with Gasteiger partial charge in [0, 0.05) is 9.86 Å². The van der Waals surface area contributed by atoms with Crippen molar-refractivity contribution >= 4 is 49.9 Å². The average molecular weight is 308 g/mol. The van der Waals surface area contributed by atoms with Gasteiger partial charge < -0.3 is 0 Å². The lowest BCUT2D eigenvalue weighted by Crippen LogP contribution is -2.11. The van der Waals surface area contributed by atoms with Gasteiger partial charge in [0.15, 0.2) is 0 Å². The normalized spacial score (nSPS) is 10.9. The number of rotatable bonds is 1. The number of hydrogen-bond donors (Lipinski definition) is 1. The van der Waals surface area contributed by atoms with E-state index in [1.807, 2.05) is 0 Å². The molecule has 0 bridgehead atoms. The predicted octanol–water partition coefficient (Wildman–Crippen LogP) is 3.08. The first-order valence-electron chi connectivity index (χ1n) is 4.05. The molecular weight excluding hydrogens is 303 g/mol. The van der Waals surface area contributed by atoms with Gasteiger partial charge in [-0.2, -0.15) is 5.10 Å². The van der Waals surface area contributed by atoms with E-state index >= 15 is 0 Å². The van der Waals surface area contributed by atoms with E-state index in [2.05, 4.69) is 26.1 Å². The Balaban J connectivity index is 3.00. The van der Waals surface area contributed by atoms with Gasteiger partial charge >= 0.3 is 0 Å². The van der Waals surface area contributed by atoms with Crippen molar-refractivity contribution in [3.63, 3.8) is 0 Å². The summed E-state index contributed by atoms with van der Waals surface area (Å²) in [5.41, 5.74) is 0.297. The first-order chi connectivity index (χ1) is 7.13. The van der Waals surface area contributed by atoms with Crippen molar-refractivity contribution in [3.8, 4) is 0 Å². The lowest BCUT2D eigenvalue weighted by Gasteiger charge is -2.03. The van der Waals surface area contributed by atoms with E-state index in [9.17, 15) is 4.79 Å². The summed E-state index contributed by atoms with van der Waals surface area (Å²) in [6.45, 7) is 0. The minimum atomic E-state index is -0.309. The van der Waals surface area contributed by atoms with Crippen molar-refractivity contribution in [2.45, 2.75) is 5.88 Å². The van der Waals surface area contributed by atoms with Crippen LogP contribution < -0.4 is 5.56 Å². The number of hydrogen-bond acceptors (Lipinski definition) is 2. The van der Waals surface area contributed by atoms with Crippen LogP contribution in [0.15, 0.2) is 21.4 Å². The molecule has 0 aliphatic heterocycles. The summed E-state index contributed by atoms with van der Waals surface area (Å²) in [5.74, 6) is 0.222. The number of halogens is 3. The summed E-state index contributed by atoms with van der Waals surface area (Å²) in [4.78, 5) is 11.5. The summed E-state index contributed by atoms with van der Waals surface area (Å²) in [6.07, 6.45) is 0. The standard InChI is InChI=1S/C9H5BrCl2N2O/c10-4-1-5-7(3-11)13-14-9(15)8(5)6(12)2-4/h1-2H,3H2,(H,14,15). The maximum absolute atomic E-state index is 11.5. The van der Waals surface area contributed by atoms with Crippen molar-refractivity contribution in [3.05, 3.63) is 37.7 Å². The SMILES string of the molecule is O=c1[nH]nc(CCl)c2cc(Br)cc(Cl)c12. The molecule has 6 heteroatoms. The van der Waals surface area contributed by atoms with Crippen LogP contribution in [0.5, 0.6) is 0 Å². The molecule has 15 heavy (non-hydrogen) atoms. The second kappa shape index (κ2) is 4.12. The lowest BCUT2D eigenvalue weighted by molar-refractivity contribution is 0.961. The van der Waals surface area contributed by atoms with Crippen LogP contribution in [-0.4, -0.2) is 10.2 Å². The monoisotopic (exact) mass is 306 g/mol. The quantitative estimate of drug-likeness (QED) is 0.823. The molecule has 1 aromatic carbocycles. The molecule has 2 rings (SSSR count). The Morgan fingerprint density at radius 1 is 1.47 bits per heavy atom. The van der Waals surface area contributed by atoms with Gasteiger partial charge in [-0.1, -0.05) is 27.5 Å². The molecule has 1 heterocycles. The summed E-state index contributed by atoms with van der Waals surface area (Å²) < 4.78 is 0.791. The first-order valence-corrected chi connectivity index (χ1v) is 5.76. The number of nitrogens with one attached hydrogen (secondary N) is 1. The van der Waals surface area contributed by atoms with Gasteiger partial charge in [0.2, 0.25) is 0 Å². The minimum Gasteiger partial charge on any atom is -0.267 e. The average Bonchev–Trinajstić information content (AvgIpc) is 2.17. The highest BCUT2D eigenvalue weighted by molar-refractivity contribution is 9.10. The molecular formula is C9H5BrCl2N2O. The van der Waals surface area contributed by atoms with Crippen LogP contribution in [0.4, 0.5) is 0 Å². The molecule has 0 atom stereocenters. The summed E-state index contributed by atoms with van der Waals surface area (Å²) in [5, 5.41) is 7.70. The highest BCUT2D eigenvalue weighted by Gasteiger charge is 2.10. The second-order valence-corrected chi connectivity index (χ2v) is 4.53. The van der Waals surface area contributed by atoms with Crippen molar-refractivity contribution in [2.24, 2.45) is 0 Å². The van der Waals surface area contributed by atoms with Gasteiger partial charge in [0.05, 0.1) is 22.0 Å². The van der Waals surface area contributed by atoms with Crippen LogP contribution in [0.25, 0.3) is 10.8 Å². The molecule has 1 N–H and O–H groups in total. The van der Waals surface area contributed by atoms with Gasteiger partial charge in [-0.05, 0) is 12.1 Å². The van der Waals surface area contributed by atoms with Crippen LogP contribution in [0.2, 0.25) is 5.02 Å². The molecule has 0 fully saturated rings. The fraction of sp³-hybridized carbons (Fsp3) is 0.111. The third-order valence-electron chi connectivity index (χ3n) is 2.01. The van der Waals surface area contributed by atoms with Gasteiger partial charge in [0.25, 0.3) is 5.56 Å². The maximum Gasteiger partial charge on any atom is 0.273 e. The summed E-state index contributed by atoms with van der Waals surface area (Å²) >= 11 is 15.0. The molecule has 0 aliphatic carbocycles. The zero-order chi connectivity index (χ0) is 11.0. The number of aromatic nitrogens is 2. The Morgan fingerprint density at radius 3 is 2.87 bits per heavy atom. The molecule has 2 aromatic rings. The van der Waals surface area contributed by atoms with Gasteiger partial charge in [-0.15, -0.1) is 11.6 Å². The highest BCUT2D eigenvalue weighted by Crippen LogP contribution is 2.27. The maximum atomic E-state index is 11.5.